The van der Waals surface area contributed by atoms with Gasteiger partial charge in [0.25, 0.3) is 0 Å². The Morgan fingerprint density at radius 3 is 2.38 bits per heavy atom. The number of nitrogens with zero attached hydrogens (tertiary/aromatic N) is 3. The van der Waals surface area contributed by atoms with E-state index in [4.69, 9.17) is 17.3 Å². The van der Waals surface area contributed by atoms with Crippen LogP contribution < -0.4 is 16.4 Å². The SMILES string of the molecule is CC.CNc1nccc(Cc2ccc(Nc3cc(C(F)(F)F)nc(N)n3)cc2F)c1CCl. The van der Waals surface area contributed by atoms with Gasteiger partial charge in [0, 0.05) is 37.0 Å². The topological polar surface area (TPSA) is 88.8 Å². The molecular weight excluding hydrogens is 448 g/mol. The molecule has 0 atom stereocenters. The number of benzene rings is 1. The summed E-state index contributed by atoms with van der Waals surface area (Å²) in [6.45, 7) is 4.00. The van der Waals surface area contributed by atoms with E-state index in [1.807, 2.05) is 13.8 Å². The zero-order valence-corrected chi connectivity index (χ0v) is 18.4. The maximum absolute atomic E-state index is 14.7. The minimum Gasteiger partial charge on any atom is -0.373 e. The van der Waals surface area contributed by atoms with Gasteiger partial charge in [0.2, 0.25) is 5.95 Å². The van der Waals surface area contributed by atoms with Gasteiger partial charge in [-0.3, -0.25) is 0 Å². The quantitative estimate of drug-likeness (QED) is 0.314. The van der Waals surface area contributed by atoms with Crippen LogP contribution in [0.5, 0.6) is 0 Å². The molecule has 0 aliphatic rings. The van der Waals surface area contributed by atoms with Crippen LogP contribution in [0.1, 0.15) is 36.2 Å². The predicted molar refractivity (Wildman–Crippen MR) is 119 cm³/mol. The minimum absolute atomic E-state index is 0.195. The van der Waals surface area contributed by atoms with Crippen molar-refractivity contribution >= 4 is 34.9 Å². The van der Waals surface area contributed by atoms with Gasteiger partial charge >= 0.3 is 6.18 Å². The van der Waals surface area contributed by atoms with Gasteiger partial charge in [0.1, 0.15) is 17.5 Å². The predicted octanol–water partition coefficient (Wildman–Crippen LogP) is 5.75. The first kappa shape index (κ1) is 25.1. The fourth-order valence-corrected chi connectivity index (χ4v) is 3.16. The molecule has 2 heterocycles. The normalized spacial score (nSPS) is 10.9. The fourth-order valence-electron chi connectivity index (χ4n) is 2.86. The van der Waals surface area contributed by atoms with Crippen molar-refractivity contribution in [1.82, 2.24) is 15.0 Å². The van der Waals surface area contributed by atoms with Crippen LogP contribution >= 0.6 is 11.6 Å². The largest absolute Gasteiger partial charge is 0.433 e. The number of aromatic nitrogens is 3. The summed E-state index contributed by atoms with van der Waals surface area (Å²) in [6.07, 6.45) is -2.81. The summed E-state index contributed by atoms with van der Waals surface area (Å²) in [5.74, 6) is -0.461. The first-order chi connectivity index (χ1) is 15.2. The third kappa shape index (κ3) is 6.19. The zero-order chi connectivity index (χ0) is 23.9. The van der Waals surface area contributed by atoms with Crippen molar-refractivity contribution in [2.45, 2.75) is 32.3 Å². The van der Waals surface area contributed by atoms with Crippen molar-refractivity contribution in [2.75, 3.05) is 23.4 Å². The van der Waals surface area contributed by atoms with Crippen molar-refractivity contribution < 1.29 is 17.6 Å². The molecule has 0 bridgehead atoms. The highest BCUT2D eigenvalue weighted by atomic mass is 35.5. The van der Waals surface area contributed by atoms with Crippen LogP contribution in [-0.2, 0) is 18.5 Å². The zero-order valence-electron chi connectivity index (χ0n) is 17.7. The van der Waals surface area contributed by atoms with Gasteiger partial charge in [0.15, 0.2) is 5.69 Å². The molecule has 32 heavy (non-hydrogen) atoms. The average molecular weight is 471 g/mol. The summed E-state index contributed by atoms with van der Waals surface area (Å²) in [5.41, 5.74) is 6.32. The Balaban J connectivity index is 0.00000176. The number of hydrogen-bond donors (Lipinski definition) is 3. The molecule has 0 unspecified atom stereocenters. The molecule has 0 amide bonds. The number of alkyl halides is 4. The van der Waals surface area contributed by atoms with Crippen molar-refractivity contribution in [2.24, 2.45) is 0 Å². The number of hydrogen-bond acceptors (Lipinski definition) is 6. The smallest absolute Gasteiger partial charge is 0.373 e. The van der Waals surface area contributed by atoms with Crippen molar-refractivity contribution in [1.29, 1.82) is 0 Å². The average Bonchev–Trinajstić information content (AvgIpc) is 2.75. The highest BCUT2D eigenvalue weighted by Gasteiger charge is 2.33. The van der Waals surface area contributed by atoms with E-state index in [-0.39, 0.29) is 23.8 Å². The molecule has 3 aromatic rings. The van der Waals surface area contributed by atoms with Crippen LogP contribution in [0.25, 0.3) is 0 Å². The lowest BCUT2D eigenvalue weighted by Crippen LogP contribution is -2.12. The van der Waals surface area contributed by atoms with E-state index in [9.17, 15) is 17.6 Å². The molecule has 11 heteroatoms. The van der Waals surface area contributed by atoms with Crippen LogP contribution in [0.3, 0.4) is 0 Å². The Morgan fingerprint density at radius 1 is 1.06 bits per heavy atom. The van der Waals surface area contributed by atoms with Gasteiger partial charge in [-0.05, 0) is 29.3 Å². The molecule has 172 valence electrons. The first-order valence-corrected chi connectivity index (χ1v) is 10.2. The third-order valence-corrected chi connectivity index (χ3v) is 4.53. The van der Waals surface area contributed by atoms with Gasteiger partial charge in [-0.15, -0.1) is 11.6 Å². The van der Waals surface area contributed by atoms with E-state index in [2.05, 4.69) is 25.6 Å². The second kappa shape index (κ2) is 10.9. The lowest BCUT2D eigenvalue weighted by atomic mass is 10.0. The van der Waals surface area contributed by atoms with Crippen molar-refractivity contribution in [3.8, 4) is 0 Å². The second-order valence-electron chi connectivity index (χ2n) is 6.28. The van der Waals surface area contributed by atoms with E-state index in [1.165, 1.54) is 18.2 Å². The highest BCUT2D eigenvalue weighted by Crippen LogP contribution is 2.30. The number of anilines is 4. The fraction of sp³-hybridized carbons (Fsp3) is 0.286. The summed E-state index contributed by atoms with van der Waals surface area (Å²) in [7, 11) is 1.72. The van der Waals surface area contributed by atoms with Crippen molar-refractivity contribution in [3.05, 3.63) is 64.7 Å². The third-order valence-electron chi connectivity index (χ3n) is 4.26. The maximum Gasteiger partial charge on any atom is 0.433 e. The molecule has 1 aromatic carbocycles. The molecule has 6 nitrogen and oxygen atoms in total. The number of nitrogen functional groups attached to an aromatic ring is 1. The van der Waals surface area contributed by atoms with Crippen LogP contribution in [0.4, 0.5) is 40.8 Å². The van der Waals surface area contributed by atoms with Gasteiger partial charge in [-0.1, -0.05) is 19.9 Å². The molecular formula is C21H23ClF4N6. The maximum atomic E-state index is 14.7. The van der Waals surface area contributed by atoms with E-state index < -0.39 is 23.6 Å². The minimum atomic E-state index is -4.68. The Hall–Kier alpha value is -3.14. The van der Waals surface area contributed by atoms with Gasteiger partial charge < -0.3 is 16.4 Å². The molecule has 0 aliphatic carbocycles. The van der Waals surface area contributed by atoms with Crippen molar-refractivity contribution in [3.63, 3.8) is 0 Å². The number of nitrogens with one attached hydrogen (secondary N) is 2. The summed E-state index contributed by atoms with van der Waals surface area (Å²) in [4.78, 5) is 11.1. The standard InChI is InChI=1S/C19H17ClF4N6.C2H6/c1-26-17-13(9-20)10(4-5-27-17)6-11-2-3-12(7-14(11)21)28-16-8-15(19(22,23)24)29-18(25)30-16;1-2/h2-5,7-8H,6,9H2,1H3,(H,26,27)(H3,25,28,29,30);1-2H3. The lowest BCUT2D eigenvalue weighted by molar-refractivity contribution is -0.141. The summed E-state index contributed by atoms with van der Waals surface area (Å²) in [5, 5.41) is 5.56. The molecule has 2 aromatic heterocycles. The summed E-state index contributed by atoms with van der Waals surface area (Å²) in [6, 6.07) is 6.69. The first-order valence-electron chi connectivity index (χ1n) is 9.69. The molecule has 0 saturated carbocycles. The monoisotopic (exact) mass is 470 g/mol. The summed E-state index contributed by atoms with van der Waals surface area (Å²) >= 11 is 6.01. The van der Waals surface area contributed by atoms with E-state index in [0.29, 0.717) is 17.4 Å². The molecule has 4 N–H and O–H groups in total. The Labute approximate surface area is 188 Å². The molecule has 0 aliphatic heterocycles. The number of nitrogens with two attached hydrogens (primary N) is 1. The van der Waals surface area contributed by atoms with E-state index in [0.717, 1.165) is 11.1 Å². The van der Waals surface area contributed by atoms with E-state index >= 15 is 0 Å². The Bertz CT molecular complexity index is 1060. The number of pyridine rings is 1. The van der Waals surface area contributed by atoms with Crippen LogP contribution in [0.15, 0.2) is 36.5 Å². The van der Waals surface area contributed by atoms with Gasteiger partial charge in [0.05, 0.1) is 5.88 Å². The molecule has 0 spiro atoms. The summed E-state index contributed by atoms with van der Waals surface area (Å²) < 4.78 is 53.3. The Morgan fingerprint density at radius 2 is 1.78 bits per heavy atom. The highest BCUT2D eigenvalue weighted by molar-refractivity contribution is 6.17. The van der Waals surface area contributed by atoms with Gasteiger partial charge in [-0.2, -0.15) is 18.2 Å². The number of halogens is 5. The van der Waals surface area contributed by atoms with Crippen LogP contribution in [0.2, 0.25) is 0 Å². The second-order valence-corrected chi connectivity index (χ2v) is 6.55. The van der Waals surface area contributed by atoms with Gasteiger partial charge in [-0.25, -0.2) is 14.4 Å². The molecule has 3 rings (SSSR count). The van der Waals surface area contributed by atoms with Crippen LogP contribution in [0, 0.1) is 5.82 Å². The Kier molecular flexibility index (Phi) is 8.59. The molecule has 0 saturated heterocycles. The number of rotatable bonds is 6. The molecule has 0 fully saturated rings. The van der Waals surface area contributed by atoms with Crippen LogP contribution in [-0.4, -0.2) is 22.0 Å². The molecule has 0 radical (unpaired) electrons. The lowest BCUT2D eigenvalue weighted by Gasteiger charge is -2.13. The van der Waals surface area contributed by atoms with E-state index in [1.54, 1.807) is 19.3 Å².